The van der Waals surface area contributed by atoms with Gasteiger partial charge >= 0.3 is 0 Å². The minimum atomic E-state index is 0.0903. The molecule has 92 valence electrons. The lowest BCUT2D eigenvalue weighted by atomic mass is 10.2. The highest BCUT2D eigenvalue weighted by Gasteiger charge is 2.05. The monoisotopic (exact) mass is 218 g/mol. The Balaban J connectivity index is 3.22. The predicted octanol–water partition coefficient (Wildman–Crippen LogP) is 2.37. The highest BCUT2D eigenvalue weighted by Crippen LogP contribution is 2.02. The summed E-state index contributed by atoms with van der Waals surface area (Å²) in [5.41, 5.74) is 0. The Bertz CT molecular complexity index is 117. The van der Waals surface area contributed by atoms with Crippen LogP contribution in [-0.4, -0.2) is 37.6 Å². The fourth-order valence-electron chi connectivity index (χ4n) is 1.35. The van der Waals surface area contributed by atoms with Crippen LogP contribution < -0.4 is 0 Å². The van der Waals surface area contributed by atoms with Crippen molar-refractivity contribution in [2.45, 2.75) is 52.1 Å². The van der Waals surface area contributed by atoms with Gasteiger partial charge in [0, 0.05) is 6.61 Å². The molecule has 3 nitrogen and oxygen atoms in total. The van der Waals surface area contributed by atoms with Crippen LogP contribution in [0.15, 0.2) is 0 Å². The average molecular weight is 218 g/mol. The van der Waals surface area contributed by atoms with E-state index in [-0.39, 0.29) is 12.7 Å². The van der Waals surface area contributed by atoms with E-state index >= 15 is 0 Å². The van der Waals surface area contributed by atoms with Crippen LogP contribution in [0.25, 0.3) is 0 Å². The molecule has 0 aliphatic heterocycles. The van der Waals surface area contributed by atoms with Gasteiger partial charge in [0.15, 0.2) is 0 Å². The SMILES string of the molecule is CCCCCCOCC(CC)OCCO. The summed E-state index contributed by atoms with van der Waals surface area (Å²) >= 11 is 0. The molecule has 0 amide bonds. The quantitative estimate of drug-likeness (QED) is 0.541. The molecule has 3 heteroatoms. The number of hydrogen-bond acceptors (Lipinski definition) is 3. The minimum absolute atomic E-state index is 0.0903. The number of ether oxygens (including phenoxy) is 2. The lowest BCUT2D eigenvalue weighted by molar-refractivity contribution is -0.0295. The standard InChI is InChI=1S/C12H26O3/c1-3-5-6-7-9-14-11-12(4-2)15-10-8-13/h12-13H,3-11H2,1-2H3. The van der Waals surface area contributed by atoms with Crippen molar-refractivity contribution in [3.8, 4) is 0 Å². The van der Waals surface area contributed by atoms with Gasteiger partial charge in [-0.15, -0.1) is 0 Å². The average Bonchev–Trinajstić information content (AvgIpc) is 2.27. The van der Waals surface area contributed by atoms with Gasteiger partial charge in [-0.1, -0.05) is 33.1 Å². The van der Waals surface area contributed by atoms with Crippen LogP contribution in [0.2, 0.25) is 0 Å². The summed E-state index contributed by atoms with van der Waals surface area (Å²) < 4.78 is 10.9. The summed E-state index contributed by atoms with van der Waals surface area (Å²) in [6.45, 7) is 6.27. The third-order valence-corrected chi connectivity index (χ3v) is 2.35. The smallest absolute Gasteiger partial charge is 0.0807 e. The second kappa shape index (κ2) is 12.0. The molecule has 0 aromatic rings. The maximum Gasteiger partial charge on any atom is 0.0807 e. The van der Waals surface area contributed by atoms with Gasteiger partial charge in [-0.2, -0.15) is 0 Å². The number of hydrogen-bond donors (Lipinski definition) is 1. The molecule has 0 rings (SSSR count). The Morgan fingerprint density at radius 3 is 2.47 bits per heavy atom. The zero-order valence-corrected chi connectivity index (χ0v) is 10.2. The molecule has 0 aromatic carbocycles. The molecule has 0 bridgehead atoms. The van der Waals surface area contributed by atoms with Crippen molar-refractivity contribution in [3.05, 3.63) is 0 Å². The van der Waals surface area contributed by atoms with Crippen molar-refractivity contribution in [2.75, 3.05) is 26.4 Å². The summed E-state index contributed by atoms with van der Waals surface area (Å²) in [6.07, 6.45) is 6.03. The van der Waals surface area contributed by atoms with Crippen molar-refractivity contribution in [1.82, 2.24) is 0 Å². The van der Waals surface area contributed by atoms with Gasteiger partial charge in [0.1, 0.15) is 0 Å². The summed E-state index contributed by atoms with van der Waals surface area (Å²) in [5.74, 6) is 0. The number of aliphatic hydroxyl groups is 1. The van der Waals surface area contributed by atoms with Crippen molar-refractivity contribution in [2.24, 2.45) is 0 Å². The zero-order valence-electron chi connectivity index (χ0n) is 10.2. The Morgan fingerprint density at radius 1 is 1.07 bits per heavy atom. The van der Waals surface area contributed by atoms with Crippen LogP contribution in [0.1, 0.15) is 46.0 Å². The van der Waals surface area contributed by atoms with E-state index in [0.717, 1.165) is 19.4 Å². The molecular weight excluding hydrogens is 192 g/mol. The molecule has 1 atom stereocenters. The minimum Gasteiger partial charge on any atom is -0.394 e. The van der Waals surface area contributed by atoms with E-state index in [2.05, 4.69) is 13.8 Å². The van der Waals surface area contributed by atoms with Gasteiger partial charge in [0.05, 0.1) is 25.9 Å². The second-order valence-electron chi connectivity index (χ2n) is 3.76. The molecule has 0 aromatic heterocycles. The highest BCUT2D eigenvalue weighted by atomic mass is 16.5. The maximum atomic E-state index is 8.61. The van der Waals surface area contributed by atoms with Gasteiger partial charge in [0.25, 0.3) is 0 Å². The summed E-state index contributed by atoms with van der Waals surface area (Å²) in [7, 11) is 0. The molecule has 15 heavy (non-hydrogen) atoms. The molecule has 0 radical (unpaired) electrons. The molecule has 0 saturated heterocycles. The topological polar surface area (TPSA) is 38.7 Å². The first-order valence-electron chi connectivity index (χ1n) is 6.15. The van der Waals surface area contributed by atoms with E-state index < -0.39 is 0 Å². The summed E-state index contributed by atoms with van der Waals surface area (Å²) in [6, 6.07) is 0. The molecule has 0 heterocycles. The van der Waals surface area contributed by atoms with Crippen LogP contribution >= 0.6 is 0 Å². The van der Waals surface area contributed by atoms with Gasteiger partial charge in [-0.05, 0) is 12.8 Å². The lowest BCUT2D eigenvalue weighted by Crippen LogP contribution is -2.21. The third-order valence-electron chi connectivity index (χ3n) is 2.35. The molecule has 0 saturated carbocycles. The Kier molecular flexibility index (Phi) is 11.9. The van der Waals surface area contributed by atoms with E-state index in [1.54, 1.807) is 0 Å². The number of unbranched alkanes of at least 4 members (excludes halogenated alkanes) is 3. The van der Waals surface area contributed by atoms with Gasteiger partial charge in [-0.3, -0.25) is 0 Å². The highest BCUT2D eigenvalue weighted by molar-refractivity contribution is 4.53. The zero-order chi connectivity index (χ0) is 11.4. The molecule has 0 spiro atoms. The largest absolute Gasteiger partial charge is 0.394 e. The first kappa shape index (κ1) is 14.9. The van der Waals surface area contributed by atoms with E-state index in [0.29, 0.717) is 13.2 Å². The van der Waals surface area contributed by atoms with Gasteiger partial charge < -0.3 is 14.6 Å². The second-order valence-corrected chi connectivity index (χ2v) is 3.76. The first-order chi connectivity index (χ1) is 7.35. The van der Waals surface area contributed by atoms with Crippen LogP contribution in [0, 0.1) is 0 Å². The van der Waals surface area contributed by atoms with Crippen molar-refractivity contribution < 1.29 is 14.6 Å². The lowest BCUT2D eigenvalue weighted by Gasteiger charge is -2.15. The van der Waals surface area contributed by atoms with Crippen molar-refractivity contribution >= 4 is 0 Å². The van der Waals surface area contributed by atoms with Crippen molar-refractivity contribution in [1.29, 1.82) is 0 Å². The summed E-state index contributed by atoms with van der Waals surface area (Å²) in [5, 5.41) is 8.61. The Morgan fingerprint density at radius 2 is 1.87 bits per heavy atom. The fraction of sp³-hybridized carbons (Fsp3) is 1.00. The van der Waals surface area contributed by atoms with Gasteiger partial charge in [0.2, 0.25) is 0 Å². The van der Waals surface area contributed by atoms with Crippen LogP contribution in [0.5, 0.6) is 0 Å². The third kappa shape index (κ3) is 10.2. The van der Waals surface area contributed by atoms with Crippen LogP contribution in [-0.2, 0) is 9.47 Å². The Labute approximate surface area is 93.8 Å². The van der Waals surface area contributed by atoms with E-state index in [1.165, 1.54) is 19.3 Å². The number of aliphatic hydroxyl groups excluding tert-OH is 1. The number of rotatable bonds is 11. The van der Waals surface area contributed by atoms with Crippen LogP contribution in [0.4, 0.5) is 0 Å². The fourth-order valence-corrected chi connectivity index (χ4v) is 1.35. The van der Waals surface area contributed by atoms with E-state index in [4.69, 9.17) is 14.6 Å². The van der Waals surface area contributed by atoms with Gasteiger partial charge in [-0.25, -0.2) is 0 Å². The Hall–Kier alpha value is -0.120. The molecule has 0 fully saturated rings. The first-order valence-corrected chi connectivity index (χ1v) is 6.15. The molecule has 1 N–H and O–H groups in total. The van der Waals surface area contributed by atoms with E-state index in [1.807, 2.05) is 0 Å². The maximum absolute atomic E-state index is 8.61. The summed E-state index contributed by atoms with van der Waals surface area (Å²) in [4.78, 5) is 0. The normalized spacial score (nSPS) is 13.0. The molecular formula is C12H26O3. The van der Waals surface area contributed by atoms with Crippen LogP contribution in [0.3, 0.4) is 0 Å². The molecule has 0 aliphatic carbocycles. The molecule has 0 aliphatic rings. The van der Waals surface area contributed by atoms with Crippen molar-refractivity contribution in [3.63, 3.8) is 0 Å². The van der Waals surface area contributed by atoms with E-state index in [9.17, 15) is 0 Å². The predicted molar refractivity (Wildman–Crippen MR) is 62.1 cm³/mol. The molecule has 1 unspecified atom stereocenters.